The average Bonchev–Trinajstić information content (AvgIpc) is 2.43. The van der Waals surface area contributed by atoms with E-state index in [1.54, 1.807) is 0 Å². The zero-order chi connectivity index (χ0) is 14.1. The number of hydrogen-bond donors (Lipinski definition) is 0. The van der Waals surface area contributed by atoms with Crippen LogP contribution < -0.4 is 4.74 Å². The lowest BCUT2D eigenvalue weighted by atomic mass is 10.1. The SMILES string of the molecule is CCCCCCC(C)Oc1ncncc1C(=O)OC. The number of ether oxygens (including phenoxy) is 2. The summed E-state index contributed by atoms with van der Waals surface area (Å²) in [6, 6.07) is 0. The summed E-state index contributed by atoms with van der Waals surface area (Å²) in [6.45, 7) is 4.17. The van der Waals surface area contributed by atoms with Gasteiger partial charge in [-0.2, -0.15) is 0 Å². The van der Waals surface area contributed by atoms with Crippen LogP contribution in [-0.4, -0.2) is 29.2 Å². The highest BCUT2D eigenvalue weighted by Crippen LogP contribution is 2.17. The Morgan fingerprint density at radius 2 is 2.16 bits per heavy atom. The molecule has 106 valence electrons. The van der Waals surface area contributed by atoms with Gasteiger partial charge in [-0.25, -0.2) is 14.8 Å². The molecule has 1 rings (SSSR count). The zero-order valence-electron chi connectivity index (χ0n) is 11.9. The fraction of sp³-hybridized carbons (Fsp3) is 0.643. The van der Waals surface area contributed by atoms with Gasteiger partial charge >= 0.3 is 5.97 Å². The molecule has 0 aliphatic rings. The highest BCUT2D eigenvalue weighted by Gasteiger charge is 2.16. The number of unbranched alkanes of at least 4 members (excludes halogenated alkanes) is 3. The van der Waals surface area contributed by atoms with E-state index in [0.29, 0.717) is 5.88 Å². The molecule has 5 heteroatoms. The number of rotatable bonds is 8. The van der Waals surface area contributed by atoms with Crippen LogP contribution >= 0.6 is 0 Å². The average molecular weight is 266 g/mol. The van der Waals surface area contributed by atoms with Gasteiger partial charge in [-0.3, -0.25) is 0 Å². The van der Waals surface area contributed by atoms with Gasteiger partial charge in [-0.1, -0.05) is 26.2 Å². The predicted molar refractivity (Wildman–Crippen MR) is 72.2 cm³/mol. The van der Waals surface area contributed by atoms with Crippen molar-refractivity contribution in [1.29, 1.82) is 0 Å². The number of esters is 1. The second kappa shape index (κ2) is 8.45. The number of methoxy groups -OCH3 is 1. The fourth-order valence-electron chi connectivity index (χ4n) is 1.77. The van der Waals surface area contributed by atoms with Gasteiger partial charge in [-0.15, -0.1) is 0 Å². The highest BCUT2D eigenvalue weighted by molar-refractivity contribution is 5.91. The second-order valence-electron chi connectivity index (χ2n) is 4.51. The molecule has 1 unspecified atom stereocenters. The van der Waals surface area contributed by atoms with Gasteiger partial charge in [-0.05, 0) is 19.8 Å². The fourth-order valence-corrected chi connectivity index (χ4v) is 1.77. The highest BCUT2D eigenvalue weighted by atomic mass is 16.5. The molecule has 0 saturated carbocycles. The molecular formula is C14H22N2O3. The van der Waals surface area contributed by atoms with Crippen molar-refractivity contribution in [3.05, 3.63) is 18.1 Å². The minimum Gasteiger partial charge on any atom is -0.474 e. The molecule has 0 aliphatic carbocycles. The summed E-state index contributed by atoms with van der Waals surface area (Å²) in [4.78, 5) is 19.3. The van der Waals surface area contributed by atoms with E-state index >= 15 is 0 Å². The maximum atomic E-state index is 11.5. The van der Waals surface area contributed by atoms with Crippen molar-refractivity contribution in [3.63, 3.8) is 0 Å². The molecule has 0 fully saturated rings. The van der Waals surface area contributed by atoms with Crippen molar-refractivity contribution in [3.8, 4) is 5.88 Å². The van der Waals surface area contributed by atoms with Gasteiger partial charge in [0.1, 0.15) is 11.9 Å². The summed E-state index contributed by atoms with van der Waals surface area (Å²) in [5, 5.41) is 0. The van der Waals surface area contributed by atoms with Crippen molar-refractivity contribution in [2.75, 3.05) is 7.11 Å². The summed E-state index contributed by atoms with van der Waals surface area (Å²) in [6.07, 6.45) is 8.54. The molecule has 0 bridgehead atoms. The van der Waals surface area contributed by atoms with E-state index in [9.17, 15) is 4.79 Å². The van der Waals surface area contributed by atoms with E-state index < -0.39 is 5.97 Å². The summed E-state index contributed by atoms with van der Waals surface area (Å²) in [5.41, 5.74) is 0.269. The Hall–Kier alpha value is -1.65. The molecule has 1 heterocycles. The Labute approximate surface area is 114 Å². The predicted octanol–water partition coefficient (Wildman–Crippen LogP) is 3.00. The molecule has 0 aromatic carbocycles. The smallest absolute Gasteiger partial charge is 0.344 e. The van der Waals surface area contributed by atoms with Gasteiger partial charge < -0.3 is 9.47 Å². The van der Waals surface area contributed by atoms with Crippen LogP contribution in [0.4, 0.5) is 0 Å². The van der Waals surface area contributed by atoms with Gasteiger partial charge in [0.15, 0.2) is 0 Å². The largest absolute Gasteiger partial charge is 0.474 e. The maximum absolute atomic E-state index is 11.5. The van der Waals surface area contributed by atoms with Crippen LogP contribution in [0.25, 0.3) is 0 Å². The molecule has 19 heavy (non-hydrogen) atoms. The lowest BCUT2D eigenvalue weighted by Crippen LogP contribution is -2.16. The van der Waals surface area contributed by atoms with Gasteiger partial charge in [0, 0.05) is 6.20 Å². The van der Waals surface area contributed by atoms with Crippen molar-refractivity contribution >= 4 is 5.97 Å². The van der Waals surface area contributed by atoms with Crippen LogP contribution in [0.15, 0.2) is 12.5 Å². The molecule has 0 radical (unpaired) electrons. The first-order valence-corrected chi connectivity index (χ1v) is 6.74. The topological polar surface area (TPSA) is 61.3 Å². The normalized spacial score (nSPS) is 11.9. The first kappa shape index (κ1) is 15.4. The van der Waals surface area contributed by atoms with Gasteiger partial charge in [0.25, 0.3) is 0 Å². The van der Waals surface area contributed by atoms with Crippen LogP contribution in [0.1, 0.15) is 56.3 Å². The number of carbonyl (C=O) groups is 1. The van der Waals surface area contributed by atoms with E-state index in [4.69, 9.17) is 4.74 Å². The van der Waals surface area contributed by atoms with Crippen molar-refractivity contribution in [2.45, 2.75) is 52.1 Å². The summed E-state index contributed by atoms with van der Waals surface area (Å²) in [7, 11) is 1.33. The van der Waals surface area contributed by atoms with Crippen LogP contribution in [0, 0.1) is 0 Å². The molecule has 0 spiro atoms. The minimum atomic E-state index is -0.478. The Bertz CT molecular complexity index is 396. The molecular weight excluding hydrogens is 244 g/mol. The lowest BCUT2D eigenvalue weighted by molar-refractivity contribution is 0.0591. The van der Waals surface area contributed by atoms with Crippen molar-refractivity contribution in [2.24, 2.45) is 0 Å². The molecule has 5 nitrogen and oxygen atoms in total. The van der Waals surface area contributed by atoms with Gasteiger partial charge in [0.05, 0.1) is 13.2 Å². The Balaban J connectivity index is 2.54. The minimum absolute atomic E-state index is 0.0233. The Morgan fingerprint density at radius 3 is 2.84 bits per heavy atom. The van der Waals surface area contributed by atoms with Crippen molar-refractivity contribution in [1.82, 2.24) is 9.97 Å². The Kier molecular flexibility index (Phi) is 6.85. The number of aromatic nitrogens is 2. The van der Waals surface area contributed by atoms with Gasteiger partial charge in [0.2, 0.25) is 5.88 Å². The van der Waals surface area contributed by atoms with Crippen LogP contribution in [0.2, 0.25) is 0 Å². The molecule has 0 amide bonds. The standard InChI is InChI=1S/C14H22N2O3/c1-4-5-6-7-8-11(2)19-13-12(14(17)18-3)9-15-10-16-13/h9-11H,4-8H2,1-3H3. The third-order valence-electron chi connectivity index (χ3n) is 2.86. The first-order valence-electron chi connectivity index (χ1n) is 6.74. The van der Waals surface area contributed by atoms with E-state index in [1.165, 1.54) is 38.9 Å². The third kappa shape index (κ3) is 5.24. The van der Waals surface area contributed by atoms with E-state index in [1.807, 2.05) is 6.92 Å². The first-order chi connectivity index (χ1) is 9.19. The molecule has 0 N–H and O–H groups in total. The lowest BCUT2D eigenvalue weighted by Gasteiger charge is -2.15. The van der Waals surface area contributed by atoms with E-state index in [-0.39, 0.29) is 11.7 Å². The number of hydrogen-bond acceptors (Lipinski definition) is 5. The second-order valence-corrected chi connectivity index (χ2v) is 4.51. The third-order valence-corrected chi connectivity index (χ3v) is 2.86. The van der Waals surface area contributed by atoms with E-state index in [2.05, 4.69) is 21.6 Å². The van der Waals surface area contributed by atoms with Crippen molar-refractivity contribution < 1.29 is 14.3 Å². The van der Waals surface area contributed by atoms with Crippen LogP contribution in [0.5, 0.6) is 5.88 Å². The van der Waals surface area contributed by atoms with Crippen LogP contribution in [-0.2, 0) is 4.74 Å². The number of carbonyl (C=O) groups excluding carboxylic acids is 1. The monoisotopic (exact) mass is 266 g/mol. The summed E-state index contributed by atoms with van der Waals surface area (Å²) in [5.74, 6) is -0.182. The molecule has 1 aromatic rings. The van der Waals surface area contributed by atoms with Crippen LogP contribution in [0.3, 0.4) is 0 Å². The molecule has 1 atom stereocenters. The quantitative estimate of drug-likeness (QED) is 0.534. The Morgan fingerprint density at radius 1 is 1.37 bits per heavy atom. The maximum Gasteiger partial charge on any atom is 0.344 e. The molecule has 1 aromatic heterocycles. The molecule has 0 aliphatic heterocycles. The number of nitrogens with zero attached hydrogens (tertiary/aromatic N) is 2. The summed E-state index contributed by atoms with van der Waals surface area (Å²) < 4.78 is 10.4. The summed E-state index contributed by atoms with van der Waals surface area (Å²) >= 11 is 0. The molecule has 0 saturated heterocycles. The zero-order valence-corrected chi connectivity index (χ0v) is 11.9. The van der Waals surface area contributed by atoms with E-state index in [0.717, 1.165) is 12.8 Å².